The van der Waals surface area contributed by atoms with Crippen molar-refractivity contribution in [3.05, 3.63) is 53.9 Å². The molecule has 8 nitrogen and oxygen atoms in total. The van der Waals surface area contributed by atoms with Gasteiger partial charge in [0.05, 0.1) is 24.3 Å². The van der Waals surface area contributed by atoms with E-state index in [4.69, 9.17) is 10.00 Å². The molecule has 2 fully saturated rings. The number of benzene rings is 1. The normalized spacial score (nSPS) is 22.1. The zero-order valence-corrected chi connectivity index (χ0v) is 25.7. The molecule has 0 spiro atoms. The van der Waals surface area contributed by atoms with Crippen molar-refractivity contribution in [3.63, 3.8) is 0 Å². The van der Waals surface area contributed by atoms with E-state index in [1.165, 1.54) is 4.90 Å². The van der Waals surface area contributed by atoms with Crippen LogP contribution < -0.4 is 10.2 Å². The second kappa shape index (κ2) is 13.0. The lowest BCUT2D eigenvalue weighted by Crippen LogP contribution is -2.46. The number of nitriles is 1. The smallest absolute Gasteiger partial charge is 0.379 e. The minimum Gasteiger partial charge on any atom is -0.379 e. The highest BCUT2D eigenvalue weighted by Gasteiger charge is 2.65. The number of alkyl halides is 5. The van der Waals surface area contributed by atoms with Crippen LogP contribution in [0.25, 0.3) is 0 Å². The number of halogens is 10. The third kappa shape index (κ3) is 9.86. The Morgan fingerprint density at radius 2 is 1.74 bits per heavy atom. The molecule has 4 rings (SSSR count). The Balaban J connectivity index is 0.000000461. The van der Waals surface area contributed by atoms with Gasteiger partial charge in [-0.25, -0.2) is 8.78 Å². The van der Waals surface area contributed by atoms with E-state index in [1.807, 2.05) is 6.19 Å². The van der Waals surface area contributed by atoms with Crippen molar-refractivity contribution in [2.45, 2.75) is 73.3 Å². The highest BCUT2D eigenvalue weighted by atomic mass is 32.5. The number of nitrogens with zero attached hydrogens (tertiary/aromatic N) is 4. The Kier molecular flexibility index (Phi) is 10.4. The maximum Gasteiger partial charge on any atom is 0.416 e. The largest absolute Gasteiger partial charge is 0.416 e. The fourth-order valence-electron chi connectivity index (χ4n) is 5.20. The molecular weight excluding hydrogens is 676 g/mol. The summed E-state index contributed by atoms with van der Waals surface area (Å²) >= 11 is 0. The van der Waals surface area contributed by atoms with E-state index in [0.717, 1.165) is 30.6 Å². The van der Waals surface area contributed by atoms with Crippen molar-refractivity contribution in [2.75, 3.05) is 25.6 Å². The average Bonchev–Trinajstić information content (AvgIpc) is 3.40. The minimum absolute atomic E-state index is 0.0323. The second-order valence-corrected chi connectivity index (χ2v) is 13.5. The topological polar surface area (TPSA) is 98.6 Å². The maximum atomic E-state index is 13.7. The van der Waals surface area contributed by atoms with Crippen LogP contribution in [0.1, 0.15) is 49.3 Å². The van der Waals surface area contributed by atoms with Crippen molar-refractivity contribution in [3.8, 4) is 6.19 Å². The van der Waals surface area contributed by atoms with Gasteiger partial charge in [0.25, 0.3) is 0 Å². The van der Waals surface area contributed by atoms with Gasteiger partial charge in [-0.3, -0.25) is 14.7 Å². The molecular formula is C28H31F10N5O3S. The van der Waals surface area contributed by atoms with Gasteiger partial charge in [-0.1, -0.05) is 19.4 Å². The number of aldehydes is 1. The molecule has 2 heterocycles. The number of amides is 1. The van der Waals surface area contributed by atoms with E-state index in [-0.39, 0.29) is 42.8 Å². The fourth-order valence-corrected chi connectivity index (χ4v) is 5.85. The van der Waals surface area contributed by atoms with Crippen LogP contribution in [0.4, 0.5) is 47.1 Å². The lowest BCUT2D eigenvalue weighted by Gasteiger charge is -2.40. The molecule has 2 aliphatic rings. The number of ether oxygens (including phenoxy) is 1. The van der Waals surface area contributed by atoms with Crippen molar-refractivity contribution in [2.24, 2.45) is 0 Å². The summed E-state index contributed by atoms with van der Waals surface area (Å²) in [5.41, 5.74) is -2.21. The fraction of sp³-hybridized carbons (Fsp3) is 0.500. The van der Waals surface area contributed by atoms with E-state index < -0.39 is 69.2 Å². The lowest BCUT2D eigenvalue weighted by atomic mass is 9.91. The SMILES string of the molecule is CN(c1ccc(S(F)(F)(F)(F)F)cc1)C(C(=O)NC1CCC(F)(F)CC1)c1cnccc1C(F)(F)F.COC1CC(C=O)N(C#N)C1. The Bertz CT molecular complexity index is 1460. The number of aromatic nitrogens is 1. The second-order valence-electron chi connectivity index (χ2n) is 11.1. The molecule has 19 heteroatoms. The van der Waals surface area contributed by atoms with Crippen LogP contribution in [0, 0.1) is 11.5 Å². The van der Waals surface area contributed by atoms with Gasteiger partial charge in [-0.15, -0.1) is 0 Å². The third-order valence-corrected chi connectivity index (χ3v) is 8.93. The molecule has 262 valence electrons. The summed E-state index contributed by atoms with van der Waals surface area (Å²) in [6.45, 7) is 0.538. The van der Waals surface area contributed by atoms with Crippen LogP contribution in [0.15, 0.2) is 47.6 Å². The Labute approximate surface area is 263 Å². The van der Waals surface area contributed by atoms with Gasteiger partial charge in [0.15, 0.2) is 6.19 Å². The van der Waals surface area contributed by atoms with Crippen molar-refractivity contribution >= 4 is 28.1 Å². The summed E-state index contributed by atoms with van der Waals surface area (Å²) in [4.78, 5) is 27.3. The first-order valence-electron chi connectivity index (χ1n) is 13.9. The highest BCUT2D eigenvalue weighted by Crippen LogP contribution is 3.02. The molecule has 1 aliphatic carbocycles. The Morgan fingerprint density at radius 1 is 1.15 bits per heavy atom. The number of hydrogen-bond acceptors (Lipinski definition) is 7. The summed E-state index contributed by atoms with van der Waals surface area (Å²) in [7, 11) is -7.34. The van der Waals surface area contributed by atoms with Gasteiger partial charge >= 0.3 is 16.4 Å². The van der Waals surface area contributed by atoms with E-state index >= 15 is 0 Å². The monoisotopic (exact) mass is 707 g/mol. The molecule has 1 N–H and O–H groups in total. The average molecular weight is 708 g/mol. The van der Waals surface area contributed by atoms with Gasteiger partial charge < -0.3 is 19.7 Å². The molecule has 1 amide bonds. The summed E-state index contributed by atoms with van der Waals surface area (Å²) in [6.07, 6.45) is -1.34. The quantitative estimate of drug-likeness (QED) is 0.174. The minimum atomic E-state index is -10.0. The van der Waals surface area contributed by atoms with Crippen molar-refractivity contribution < 1.29 is 55.7 Å². The Morgan fingerprint density at radius 3 is 2.21 bits per heavy atom. The molecule has 3 atom stereocenters. The summed E-state index contributed by atoms with van der Waals surface area (Å²) in [5, 5.41) is 11.0. The molecule has 1 aliphatic heterocycles. The molecule has 1 saturated carbocycles. The zero-order chi connectivity index (χ0) is 35.5. The first kappa shape index (κ1) is 37.7. The van der Waals surface area contributed by atoms with Crippen molar-refractivity contribution in [1.29, 1.82) is 5.26 Å². The molecule has 1 saturated heterocycles. The molecule has 1 aromatic heterocycles. The first-order chi connectivity index (χ1) is 21.5. The van der Waals surface area contributed by atoms with Crippen LogP contribution in [-0.4, -0.2) is 66.9 Å². The predicted molar refractivity (Wildman–Crippen MR) is 151 cm³/mol. The highest BCUT2D eigenvalue weighted by molar-refractivity contribution is 8.45. The van der Waals surface area contributed by atoms with Gasteiger partial charge in [-0.05, 0) is 43.2 Å². The van der Waals surface area contributed by atoms with E-state index in [2.05, 4.69) is 10.3 Å². The molecule has 2 aromatic rings. The van der Waals surface area contributed by atoms with Crippen molar-refractivity contribution in [1.82, 2.24) is 15.2 Å². The number of hydrogen-bond donors (Lipinski definition) is 1. The third-order valence-electron chi connectivity index (χ3n) is 7.76. The summed E-state index contributed by atoms with van der Waals surface area (Å²) in [6, 6.07) is -0.958. The summed E-state index contributed by atoms with van der Waals surface area (Å²) < 4.78 is 138. The van der Waals surface area contributed by atoms with Crippen LogP contribution in [0.5, 0.6) is 0 Å². The van der Waals surface area contributed by atoms with Gasteiger partial charge in [0.1, 0.15) is 17.2 Å². The van der Waals surface area contributed by atoms with E-state index in [1.54, 1.807) is 7.11 Å². The van der Waals surface area contributed by atoms with Gasteiger partial charge in [0, 0.05) is 63.1 Å². The van der Waals surface area contributed by atoms with Crippen LogP contribution in [0.2, 0.25) is 0 Å². The molecule has 3 unspecified atom stereocenters. The number of likely N-dealkylation sites (N-methyl/N-ethyl adjacent to an activating group) is 1. The molecule has 0 bridgehead atoms. The standard InChI is InChI=1S/C21H21F10N3OS.C7H10N2O2/c1-34(14-2-4-15(5-3-14)36(27,28,29,30)31)18(16-12-32-11-8-17(16)21(24,25)26)19(35)33-13-6-9-20(22,23)10-7-13;1-11-7-2-6(4-10)9(3-7)5-8/h2-5,8,11-13,18H,6-7,9-10H2,1H3,(H,33,35);4,6-7H,2-3H2,1H3. The lowest BCUT2D eigenvalue weighted by molar-refractivity contribution is -0.138. The number of pyridine rings is 1. The number of carbonyl (C=O) groups excluding carboxylic acids is 2. The maximum absolute atomic E-state index is 13.7. The molecule has 1 aromatic carbocycles. The molecule has 0 radical (unpaired) electrons. The zero-order valence-electron chi connectivity index (χ0n) is 24.9. The van der Waals surface area contributed by atoms with Crippen LogP contribution >= 0.6 is 10.2 Å². The van der Waals surface area contributed by atoms with Crippen LogP contribution in [0.3, 0.4) is 0 Å². The van der Waals surface area contributed by atoms with Gasteiger partial charge in [-0.2, -0.15) is 18.4 Å². The van der Waals surface area contributed by atoms with E-state index in [9.17, 15) is 51.0 Å². The van der Waals surface area contributed by atoms with Crippen LogP contribution in [-0.2, 0) is 20.5 Å². The number of nitrogens with one attached hydrogen (secondary N) is 1. The van der Waals surface area contributed by atoms with E-state index in [0.29, 0.717) is 31.2 Å². The molecule has 47 heavy (non-hydrogen) atoms. The number of likely N-dealkylation sites (tertiary alicyclic amines) is 1. The number of carbonyl (C=O) groups is 2. The Hall–Kier alpha value is -3.79. The number of anilines is 1. The summed E-state index contributed by atoms with van der Waals surface area (Å²) in [5.74, 6) is -3.99. The first-order valence-corrected chi connectivity index (χ1v) is 15.9. The van der Waals surface area contributed by atoms with Gasteiger partial charge in [0.2, 0.25) is 11.8 Å². The number of rotatable bonds is 8. The number of methoxy groups -OCH3 is 1. The predicted octanol–water partition coefficient (Wildman–Crippen LogP) is 7.39.